The van der Waals surface area contributed by atoms with Crippen molar-refractivity contribution in [2.75, 3.05) is 42.9 Å². The normalized spacial score (nSPS) is 14.6. The van der Waals surface area contributed by atoms with Crippen LogP contribution in [-0.2, 0) is 4.79 Å². The average Bonchev–Trinajstić information content (AvgIpc) is 2.93. The quantitative estimate of drug-likeness (QED) is 0.782. The van der Waals surface area contributed by atoms with Gasteiger partial charge < -0.3 is 20.9 Å². The van der Waals surface area contributed by atoms with Gasteiger partial charge in [0, 0.05) is 44.8 Å². The van der Waals surface area contributed by atoms with Gasteiger partial charge in [0.25, 0.3) is 5.91 Å². The van der Waals surface area contributed by atoms with Gasteiger partial charge in [0.1, 0.15) is 5.82 Å². The lowest BCUT2D eigenvalue weighted by Crippen LogP contribution is -2.35. The van der Waals surface area contributed by atoms with Crippen LogP contribution in [0.3, 0.4) is 0 Å². The number of carbonyl (C=O) groups excluding carboxylic acids is 2. The molecule has 3 N–H and O–H groups in total. The summed E-state index contributed by atoms with van der Waals surface area (Å²) in [4.78, 5) is 40.1. The SMILES string of the molecule is NC(=O)CNc1ccc(C(=O)N2CCCN(c3ncccn3)CC2)cn1. The molecule has 136 valence electrons. The lowest BCUT2D eigenvalue weighted by Gasteiger charge is -2.22. The number of aromatic nitrogens is 3. The topological polar surface area (TPSA) is 117 Å². The molecule has 9 nitrogen and oxygen atoms in total. The third-order valence-corrected chi connectivity index (χ3v) is 4.07. The number of nitrogens with two attached hydrogens (primary N) is 1. The van der Waals surface area contributed by atoms with Crippen LogP contribution in [0, 0.1) is 0 Å². The Morgan fingerprint density at radius 1 is 1.08 bits per heavy atom. The molecule has 3 heterocycles. The molecule has 2 aromatic heterocycles. The van der Waals surface area contributed by atoms with Crippen molar-refractivity contribution in [3.8, 4) is 0 Å². The molecule has 0 spiro atoms. The molecule has 1 saturated heterocycles. The first kappa shape index (κ1) is 17.6. The Morgan fingerprint density at radius 2 is 1.88 bits per heavy atom. The van der Waals surface area contributed by atoms with E-state index in [9.17, 15) is 9.59 Å². The molecule has 0 unspecified atom stereocenters. The number of nitrogens with one attached hydrogen (secondary N) is 1. The molecule has 9 heteroatoms. The first-order valence-corrected chi connectivity index (χ1v) is 8.43. The molecule has 2 aromatic rings. The number of primary amides is 1. The van der Waals surface area contributed by atoms with E-state index in [2.05, 4.69) is 25.2 Å². The van der Waals surface area contributed by atoms with Crippen LogP contribution >= 0.6 is 0 Å². The third kappa shape index (κ3) is 4.44. The number of nitrogens with zero attached hydrogens (tertiary/aromatic N) is 5. The van der Waals surface area contributed by atoms with Crippen LogP contribution < -0.4 is 16.0 Å². The van der Waals surface area contributed by atoms with Gasteiger partial charge >= 0.3 is 0 Å². The maximum absolute atomic E-state index is 12.7. The summed E-state index contributed by atoms with van der Waals surface area (Å²) in [6.45, 7) is 2.76. The van der Waals surface area contributed by atoms with Crippen molar-refractivity contribution >= 4 is 23.6 Å². The van der Waals surface area contributed by atoms with Gasteiger partial charge in [0.15, 0.2) is 0 Å². The van der Waals surface area contributed by atoms with Gasteiger partial charge in [-0.15, -0.1) is 0 Å². The fourth-order valence-electron chi connectivity index (χ4n) is 2.76. The van der Waals surface area contributed by atoms with Gasteiger partial charge in [-0.05, 0) is 24.6 Å². The molecule has 0 saturated carbocycles. The smallest absolute Gasteiger partial charge is 0.255 e. The molecular weight excluding hydrogens is 334 g/mol. The number of anilines is 2. The van der Waals surface area contributed by atoms with Crippen molar-refractivity contribution < 1.29 is 9.59 Å². The maximum atomic E-state index is 12.7. The van der Waals surface area contributed by atoms with E-state index in [0.29, 0.717) is 37.0 Å². The zero-order valence-corrected chi connectivity index (χ0v) is 14.3. The first-order valence-electron chi connectivity index (χ1n) is 8.43. The monoisotopic (exact) mass is 355 g/mol. The van der Waals surface area contributed by atoms with E-state index in [1.807, 2.05) is 4.90 Å². The minimum Gasteiger partial charge on any atom is -0.368 e. The van der Waals surface area contributed by atoms with E-state index in [4.69, 9.17) is 5.73 Å². The average molecular weight is 355 g/mol. The van der Waals surface area contributed by atoms with Gasteiger partial charge in [0.2, 0.25) is 11.9 Å². The molecule has 3 rings (SSSR count). The molecule has 26 heavy (non-hydrogen) atoms. The van der Waals surface area contributed by atoms with E-state index in [1.165, 1.54) is 6.20 Å². The molecule has 0 aliphatic carbocycles. The highest BCUT2D eigenvalue weighted by Crippen LogP contribution is 2.13. The van der Waals surface area contributed by atoms with E-state index in [0.717, 1.165) is 13.0 Å². The van der Waals surface area contributed by atoms with Gasteiger partial charge in [-0.1, -0.05) is 0 Å². The van der Waals surface area contributed by atoms with Crippen LogP contribution in [0.5, 0.6) is 0 Å². The Morgan fingerprint density at radius 3 is 2.58 bits per heavy atom. The van der Waals surface area contributed by atoms with Crippen molar-refractivity contribution in [2.24, 2.45) is 5.73 Å². The van der Waals surface area contributed by atoms with Gasteiger partial charge in [-0.25, -0.2) is 15.0 Å². The second-order valence-corrected chi connectivity index (χ2v) is 5.93. The van der Waals surface area contributed by atoms with Gasteiger partial charge in [-0.3, -0.25) is 9.59 Å². The second-order valence-electron chi connectivity index (χ2n) is 5.93. The maximum Gasteiger partial charge on any atom is 0.255 e. The van der Waals surface area contributed by atoms with Crippen LogP contribution in [0.15, 0.2) is 36.8 Å². The largest absolute Gasteiger partial charge is 0.368 e. The molecule has 1 aliphatic heterocycles. The van der Waals surface area contributed by atoms with Crippen LogP contribution in [-0.4, -0.2) is 64.4 Å². The number of amides is 2. The standard InChI is InChI=1S/C17H21N7O2/c18-14(25)12-22-15-4-3-13(11-21-15)16(26)23-7-2-8-24(10-9-23)17-19-5-1-6-20-17/h1,3-6,11H,2,7-10,12H2,(H2,18,25)(H,21,22). The molecule has 0 radical (unpaired) electrons. The van der Waals surface area contributed by atoms with Crippen molar-refractivity contribution in [3.05, 3.63) is 42.4 Å². The van der Waals surface area contributed by atoms with Crippen molar-refractivity contribution in [2.45, 2.75) is 6.42 Å². The Labute approximate surface area is 151 Å². The summed E-state index contributed by atoms with van der Waals surface area (Å²) >= 11 is 0. The summed E-state index contributed by atoms with van der Waals surface area (Å²) in [5.41, 5.74) is 5.59. The lowest BCUT2D eigenvalue weighted by atomic mass is 10.2. The highest BCUT2D eigenvalue weighted by molar-refractivity contribution is 5.94. The molecule has 0 aromatic carbocycles. The molecule has 1 fully saturated rings. The van der Waals surface area contributed by atoms with Crippen LogP contribution in [0.2, 0.25) is 0 Å². The van der Waals surface area contributed by atoms with Crippen molar-refractivity contribution in [1.29, 1.82) is 0 Å². The molecule has 0 atom stereocenters. The van der Waals surface area contributed by atoms with Gasteiger partial charge in [0.05, 0.1) is 12.1 Å². The highest BCUT2D eigenvalue weighted by atomic mass is 16.2. The fraction of sp³-hybridized carbons (Fsp3) is 0.353. The number of rotatable bonds is 5. The number of carbonyl (C=O) groups is 2. The van der Waals surface area contributed by atoms with Crippen LogP contribution in [0.25, 0.3) is 0 Å². The Balaban J connectivity index is 1.60. The van der Waals surface area contributed by atoms with Crippen LogP contribution in [0.4, 0.5) is 11.8 Å². The molecular formula is C17H21N7O2. The fourth-order valence-corrected chi connectivity index (χ4v) is 2.76. The van der Waals surface area contributed by atoms with Crippen LogP contribution in [0.1, 0.15) is 16.8 Å². The minimum atomic E-state index is -0.469. The summed E-state index contributed by atoms with van der Waals surface area (Å²) in [5, 5.41) is 2.79. The lowest BCUT2D eigenvalue weighted by molar-refractivity contribution is -0.116. The molecule has 2 amide bonds. The van der Waals surface area contributed by atoms with E-state index in [-0.39, 0.29) is 12.5 Å². The van der Waals surface area contributed by atoms with Gasteiger partial charge in [-0.2, -0.15) is 0 Å². The Hall–Kier alpha value is -3.23. The number of hydrogen-bond acceptors (Lipinski definition) is 7. The first-order chi connectivity index (χ1) is 12.6. The van der Waals surface area contributed by atoms with E-state index in [1.54, 1.807) is 30.6 Å². The van der Waals surface area contributed by atoms with E-state index < -0.39 is 5.91 Å². The van der Waals surface area contributed by atoms with Crippen molar-refractivity contribution in [3.63, 3.8) is 0 Å². The Kier molecular flexibility index (Phi) is 5.57. The zero-order chi connectivity index (χ0) is 18.4. The minimum absolute atomic E-state index is 0.00378. The summed E-state index contributed by atoms with van der Waals surface area (Å²) in [7, 11) is 0. The summed E-state index contributed by atoms with van der Waals surface area (Å²) in [6, 6.07) is 5.14. The predicted octanol–water partition coefficient (Wildman–Crippen LogP) is 0.121. The third-order valence-electron chi connectivity index (χ3n) is 4.07. The number of pyridine rings is 1. The summed E-state index contributed by atoms with van der Waals surface area (Å²) in [6.07, 6.45) is 5.79. The molecule has 0 bridgehead atoms. The van der Waals surface area contributed by atoms with E-state index >= 15 is 0 Å². The second kappa shape index (κ2) is 8.24. The molecule has 1 aliphatic rings. The predicted molar refractivity (Wildman–Crippen MR) is 96.7 cm³/mol. The van der Waals surface area contributed by atoms with Crippen molar-refractivity contribution in [1.82, 2.24) is 19.9 Å². The summed E-state index contributed by atoms with van der Waals surface area (Å²) in [5.74, 6) is 0.662. The zero-order valence-electron chi connectivity index (χ0n) is 14.3. The highest BCUT2D eigenvalue weighted by Gasteiger charge is 2.21. The Bertz CT molecular complexity index is 751. The summed E-state index contributed by atoms with van der Waals surface area (Å²) < 4.78 is 0. The number of hydrogen-bond donors (Lipinski definition) is 2.